The molecule has 5 rings (SSSR count). The SMILES string of the molecule is COc1ccccc1-c1nn(-c2ccc(C)cc2)c(O)c1/C=C1\NC(=O)N(Cc2cccc(F)c2)C1=O. The molecule has 9 heteroatoms. The highest BCUT2D eigenvalue weighted by atomic mass is 19.1. The molecule has 0 radical (unpaired) electrons. The summed E-state index contributed by atoms with van der Waals surface area (Å²) in [5.74, 6) is -0.772. The van der Waals surface area contributed by atoms with Gasteiger partial charge in [-0.3, -0.25) is 9.69 Å². The first kappa shape index (κ1) is 23.8. The molecule has 186 valence electrons. The van der Waals surface area contributed by atoms with Crippen molar-refractivity contribution < 1.29 is 23.8 Å². The van der Waals surface area contributed by atoms with Gasteiger partial charge in [0.15, 0.2) is 0 Å². The maximum absolute atomic E-state index is 13.6. The Morgan fingerprint density at radius 1 is 1.05 bits per heavy atom. The van der Waals surface area contributed by atoms with Gasteiger partial charge in [-0.15, -0.1) is 0 Å². The van der Waals surface area contributed by atoms with Gasteiger partial charge in [0.2, 0.25) is 5.88 Å². The standard InChI is InChI=1S/C28H23FN4O4/c1-17-10-12-20(13-11-17)33-26(34)22(25(31-33)21-8-3-4-9-24(21)37-2)15-23-27(35)32(28(36)30-23)16-18-6-5-7-19(29)14-18/h3-15,34H,16H2,1-2H3,(H,30,36)/b23-15-. The van der Waals surface area contributed by atoms with Crippen LogP contribution in [0.2, 0.25) is 0 Å². The Morgan fingerprint density at radius 2 is 1.81 bits per heavy atom. The van der Waals surface area contributed by atoms with Gasteiger partial charge >= 0.3 is 6.03 Å². The van der Waals surface area contributed by atoms with Gasteiger partial charge in [0, 0.05) is 5.56 Å². The van der Waals surface area contributed by atoms with Crippen LogP contribution in [0.4, 0.5) is 9.18 Å². The van der Waals surface area contributed by atoms with Crippen LogP contribution < -0.4 is 10.1 Å². The van der Waals surface area contributed by atoms with Crippen molar-refractivity contribution in [2.45, 2.75) is 13.5 Å². The Kier molecular flexibility index (Phi) is 6.19. The Labute approximate surface area is 212 Å². The number of aryl methyl sites for hydroxylation is 1. The molecular weight excluding hydrogens is 475 g/mol. The number of urea groups is 1. The summed E-state index contributed by atoms with van der Waals surface area (Å²) < 4.78 is 20.5. The van der Waals surface area contributed by atoms with Crippen molar-refractivity contribution >= 4 is 18.0 Å². The van der Waals surface area contributed by atoms with Gasteiger partial charge in [-0.05, 0) is 55.0 Å². The molecule has 4 aromatic rings. The fourth-order valence-corrected chi connectivity index (χ4v) is 4.14. The van der Waals surface area contributed by atoms with Crippen LogP contribution in [0.5, 0.6) is 11.6 Å². The number of carbonyl (C=O) groups excluding carboxylic acids is 2. The fourth-order valence-electron chi connectivity index (χ4n) is 4.14. The van der Waals surface area contributed by atoms with Crippen molar-refractivity contribution in [1.82, 2.24) is 20.0 Å². The predicted octanol–water partition coefficient (Wildman–Crippen LogP) is 4.79. The summed E-state index contributed by atoms with van der Waals surface area (Å²) in [6.07, 6.45) is 1.39. The van der Waals surface area contributed by atoms with Gasteiger partial charge in [-0.1, -0.05) is 42.0 Å². The summed E-state index contributed by atoms with van der Waals surface area (Å²) in [4.78, 5) is 26.8. The Bertz CT molecular complexity index is 1540. The second-order valence-electron chi connectivity index (χ2n) is 8.54. The van der Waals surface area contributed by atoms with Crippen LogP contribution in [0, 0.1) is 12.7 Å². The number of hydrogen-bond donors (Lipinski definition) is 2. The molecule has 37 heavy (non-hydrogen) atoms. The zero-order chi connectivity index (χ0) is 26.1. The molecule has 0 saturated carbocycles. The fraction of sp³-hybridized carbons (Fsp3) is 0.107. The van der Waals surface area contributed by atoms with Crippen LogP contribution in [0.1, 0.15) is 16.7 Å². The van der Waals surface area contributed by atoms with Crippen LogP contribution in [0.15, 0.2) is 78.5 Å². The van der Waals surface area contributed by atoms with E-state index in [1.807, 2.05) is 37.3 Å². The molecule has 2 N–H and O–H groups in total. The summed E-state index contributed by atoms with van der Waals surface area (Å²) in [6, 6.07) is 19.6. The Hall–Kier alpha value is -4.92. The highest BCUT2D eigenvalue weighted by Crippen LogP contribution is 2.38. The number of ether oxygens (including phenoxy) is 1. The molecule has 0 unspecified atom stereocenters. The number of para-hydroxylation sites is 1. The highest BCUT2D eigenvalue weighted by molar-refractivity contribution is 6.14. The number of methoxy groups -OCH3 is 1. The first-order chi connectivity index (χ1) is 17.9. The van der Waals surface area contributed by atoms with Crippen LogP contribution in [-0.2, 0) is 11.3 Å². The molecule has 1 saturated heterocycles. The molecule has 1 fully saturated rings. The van der Waals surface area contributed by atoms with E-state index in [1.54, 1.807) is 24.3 Å². The van der Waals surface area contributed by atoms with Gasteiger partial charge in [0.05, 0.1) is 24.9 Å². The average Bonchev–Trinajstić information content (AvgIpc) is 3.35. The van der Waals surface area contributed by atoms with Crippen LogP contribution in [0.3, 0.4) is 0 Å². The molecular formula is C28H23FN4O4. The molecule has 0 bridgehead atoms. The quantitative estimate of drug-likeness (QED) is 0.294. The molecule has 2 heterocycles. The molecule has 3 aromatic carbocycles. The molecule has 1 aliphatic rings. The largest absolute Gasteiger partial charge is 0.496 e. The number of hydrogen-bond acceptors (Lipinski definition) is 5. The van der Waals surface area contributed by atoms with E-state index in [0.29, 0.717) is 28.3 Å². The van der Waals surface area contributed by atoms with E-state index in [0.717, 1.165) is 10.5 Å². The number of halogens is 1. The topological polar surface area (TPSA) is 96.7 Å². The van der Waals surface area contributed by atoms with Crippen LogP contribution in [0.25, 0.3) is 23.0 Å². The molecule has 3 amide bonds. The molecule has 1 aromatic heterocycles. The van der Waals surface area contributed by atoms with Crippen LogP contribution >= 0.6 is 0 Å². The second-order valence-corrected chi connectivity index (χ2v) is 8.54. The zero-order valence-electron chi connectivity index (χ0n) is 20.1. The minimum absolute atomic E-state index is 0.0451. The van der Waals surface area contributed by atoms with Crippen LogP contribution in [-0.4, -0.2) is 38.8 Å². The zero-order valence-corrected chi connectivity index (χ0v) is 20.1. The lowest BCUT2D eigenvalue weighted by molar-refractivity contribution is -0.123. The number of aromatic hydroxyl groups is 1. The van der Waals surface area contributed by atoms with Crippen molar-refractivity contribution in [3.05, 3.63) is 101 Å². The predicted molar refractivity (Wildman–Crippen MR) is 135 cm³/mol. The van der Waals surface area contributed by atoms with E-state index in [9.17, 15) is 19.1 Å². The van der Waals surface area contributed by atoms with Gasteiger partial charge in [0.25, 0.3) is 5.91 Å². The third-order valence-electron chi connectivity index (χ3n) is 6.02. The minimum Gasteiger partial charge on any atom is -0.496 e. The number of benzene rings is 3. The highest BCUT2D eigenvalue weighted by Gasteiger charge is 2.34. The van der Waals surface area contributed by atoms with Crippen molar-refractivity contribution in [3.63, 3.8) is 0 Å². The summed E-state index contributed by atoms with van der Waals surface area (Å²) in [6.45, 7) is 1.85. The summed E-state index contributed by atoms with van der Waals surface area (Å²) in [5, 5.41) is 18.4. The summed E-state index contributed by atoms with van der Waals surface area (Å²) in [7, 11) is 1.53. The molecule has 0 aliphatic carbocycles. The normalized spacial score (nSPS) is 14.4. The van der Waals surface area contributed by atoms with Gasteiger partial charge in [0.1, 0.15) is 23.0 Å². The first-order valence-corrected chi connectivity index (χ1v) is 11.5. The summed E-state index contributed by atoms with van der Waals surface area (Å²) >= 11 is 0. The smallest absolute Gasteiger partial charge is 0.329 e. The maximum Gasteiger partial charge on any atom is 0.329 e. The van der Waals surface area contributed by atoms with Crippen molar-refractivity contribution in [1.29, 1.82) is 0 Å². The lowest BCUT2D eigenvalue weighted by atomic mass is 10.1. The Balaban J connectivity index is 1.59. The first-order valence-electron chi connectivity index (χ1n) is 11.5. The van der Waals surface area contributed by atoms with Crippen molar-refractivity contribution in [2.24, 2.45) is 0 Å². The number of aromatic nitrogens is 2. The minimum atomic E-state index is -0.648. The lowest BCUT2D eigenvalue weighted by Gasteiger charge is -2.11. The van der Waals surface area contributed by atoms with E-state index in [-0.39, 0.29) is 23.7 Å². The number of carbonyl (C=O) groups is 2. The monoisotopic (exact) mass is 498 g/mol. The molecule has 1 aliphatic heterocycles. The summed E-state index contributed by atoms with van der Waals surface area (Å²) in [5.41, 5.74) is 3.24. The van der Waals surface area contributed by atoms with E-state index in [4.69, 9.17) is 4.74 Å². The van der Waals surface area contributed by atoms with Gasteiger partial charge in [-0.25, -0.2) is 13.9 Å². The number of nitrogens with one attached hydrogen (secondary N) is 1. The van der Waals surface area contributed by atoms with Crippen molar-refractivity contribution in [3.8, 4) is 28.6 Å². The number of nitrogens with zero attached hydrogens (tertiary/aromatic N) is 3. The van der Waals surface area contributed by atoms with E-state index in [1.165, 1.54) is 36.1 Å². The van der Waals surface area contributed by atoms with Gasteiger partial charge in [-0.2, -0.15) is 5.10 Å². The molecule has 0 atom stereocenters. The third-order valence-corrected chi connectivity index (χ3v) is 6.02. The van der Waals surface area contributed by atoms with E-state index < -0.39 is 17.8 Å². The molecule has 0 spiro atoms. The Morgan fingerprint density at radius 3 is 2.54 bits per heavy atom. The average molecular weight is 499 g/mol. The number of imide groups is 1. The number of amides is 3. The lowest BCUT2D eigenvalue weighted by Crippen LogP contribution is -2.30. The van der Waals surface area contributed by atoms with E-state index in [2.05, 4.69) is 10.4 Å². The van der Waals surface area contributed by atoms with Crippen molar-refractivity contribution in [2.75, 3.05) is 7.11 Å². The molecule has 8 nitrogen and oxygen atoms in total. The van der Waals surface area contributed by atoms with Gasteiger partial charge < -0.3 is 15.2 Å². The van der Waals surface area contributed by atoms with E-state index >= 15 is 0 Å². The third kappa shape index (κ3) is 4.54. The maximum atomic E-state index is 13.6. The number of rotatable bonds is 6. The second kappa shape index (κ2) is 9.62.